The lowest BCUT2D eigenvalue weighted by molar-refractivity contribution is 0.115. The summed E-state index contributed by atoms with van der Waals surface area (Å²) >= 11 is 0. The first-order valence-corrected chi connectivity index (χ1v) is 24.1. The van der Waals surface area contributed by atoms with E-state index >= 15 is 0 Å². The fraction of sp³-hybridized carbons (Fsp3) is 1.00. The van der Waals surface area contributed by atoms with Crippen molar-refractivity contribution in [2.24, 2.45) is 0 Å². The second-order valence-corrected chi connectivity index (χ2v) is 27.2. The molecule has 0 aromatic rings. The lowest BCUT2D eigenvalue weighted by Gasteiger charge is -2.48. The summed E-state index contributed by atoms with van der Waals surface area (Å²) < 4.78 is 54.6. The second kappa shape index (κ2) is 11.6. The molecule has 2 aliphatic heterocycles. The Morgan fingerprint density at radius 1 is 0.750 bits per heavy atom. The highest BCUT2D eigenvalue weighted by Crippen LogP contribution is 2.35. The first-order chi connectivity index (χ1) is 14.8. The maximum atomic E-state index is 6.75. The third-order valence-corrected chi connectivity index (χ3v) is 25.6. The van der Waals surface area contributed by atoms with Crippen LogP contribution in [0.2, 0.25) is 57.4 Å². The number of hydrogen-bond acceptors (Lipinski definition) is 9. The quantitative estimate of drug-likeness (QED) is 0.196. The first-order valence-electron chi connectivity index (χ1n) is 11.4. The minimum atomic E-state index is -2.62. The highest BCUT2D eigenvalue weighted by molar-refractivity contribution is 6.93. The smallest absolute Gasteiger partial charge is 0.416 e. The van der Waals surface area contributed by atoms with Gasteiger partial charge in [-0.25, -0.2) is 0 Å². The fourth-order valence-electron chi connectivity index (χ4n) is 4.42. The van der Waals surface area contributed by atoms with Crippen molar-refractivity contribution < 1.29 is 39.2 Å². The molecule has 2 heterocycles. The minimum absolute atomic E-state index is 0.295. The van der Waals surface area contributed by atoms with Crippen LogP contribution < -0.4 is 0 Å². The zero-order chi connectivity index (χ0) is 24.1. The van der Waals surface area contributed by atoms with Gasteiger partial charge in [0.1, 0.15) is 6.10 Å². The van der Waals surface area contributed by atoms with Crippen LogP contribution in [0.15, 0.2) is 0 Å². The van der Waals surface area contributed by atoms with Crippen LogP contribution in [0.1, 0.15) is 12.8 Å². The number of epoxide rings is 1. The normalized spacial score (nSPS) is 32.3. The molecule has 1 unspecified atom stereocenters. The predicted octanol–water partition coefficient (Wildman–Crippen LogP) is 3.69. The molecule has 0 aromatic heterocycles. The Labute approximate surface area is 199 Å². The van der Waals surface area contributed by atoms with Crippen molar-refractivity contribution in [3.63, 3.8) is 0 Å². The molecule has 32 heavy (non-hydrogen) atoms. The van der Waals surface area contributed by atoms with Crippen LogP contribution in [0.3, 0.4) is 0 Å². The van der Waals surface area contributed by atoms with Gasteiger partial charge in [0.25, 0.3) is 0 Å². The van der Waals surface area contributed by atoms with Crippen molar-refractivity contribution >= 4 is 43.0 Å². The van der Waals surface area contributed by atoms with E-state index in [4.69, 9.17) is 39.2 Å². The number of hydrogen-bond donors (Lipinski definition) is 0. The van der Waals surface area contributed by atoms with Gasteiger partial charge in [0.2, 0.25) is 0 Å². The predicted molar refractivity (Wildman–Crippen MR) is 134 cm³/mol. The Hall–Kier alpha value is 0.724. The van der Waals surface area contributed by atoms with E-state index in [0.717, 1.165) is 37.6 Å². The van der Waals surface area contributed by atoms with E-state index in [2.05, 4.69) is 39.3 Å². The van der Waals surface area contributed by atoms with E-state index < -0.39 is 43.0 Å². The van der Waals surface area contributed by atoms with E-state index in [-0.39, 0.29) is 0 Å². The van der Waals surface area contributed by atoms with E-state index in [1.165, 1.54) is 0 Å². The van der Waals surface area contributed by atoms with Gasteiger partial charge < -0.3 is 39.2 Å². The average molecular weight is 545 g/mol. The molecule has 0 saturated carbocycles. The molecular formula is C18H44O9Si5. The third kappa shape index (κ3) is 9.41. The fourth-order valence-corrected chi connectivity index (χ4v) is 28.5. The minimum Gasteiger partial charge on any atom is -0.416 e. The highest BCUT2D eigenvalue weighted by atomic mass is 28.5. The van der Waals surface area contributed by atoms with Gasteiger partial charge in [0, 0.05) is 34.0 Å². The molecule has 0 N–H and O–H groups in total. The highest BCUT2D eigenvalue weighted by Gasteiger charge is 2.54. The van der Waals surface area contributed by atoms with Crippen LogP contribution in [0, 0.1) is 0 Å². The number of rotatable bonds is 13. The average Bonchev–Trinajstić information content (AvgIpc) is 3.46. The summed E-state index contributed by atoms with van der Waals surface area (Å²) in [7, 11) is -7.58. The molecule has 14 heteroatoms. The molecule has 2 fully saturated rings. The monoisotopic (exact) mass is 544 g/mol. The summed E-state index contributed by atoms with van der Waals surface area (Å²) in [6.07, 6.45) is 2.04. The Bertz CT molecular complexity index is 559. The molecule has 0 amide bonds. The zero-order valence-electron chi connectivity index (χ0n) is 21.4. The summed E-state index contributed by atoms with van der Waals surface area (Å²) in [6.45, 7) is 14.9. The lowest BCUT2D eigenvalue weighted by atomic mass is 10.5. The van der Waals surface area contributed by atoms with Crippen molar-refractivity contribution in [3.05, 3.63) is 0 Å². The van der Waals surface area contributed by atoms with Crippen molar-refractivity contribution in [2.45, 2.75) is 76.4 Å². The van der Waals surface area contributed by atoms with E-state index in [0.29, 0.717) is 19.3 Å². The molecule has 2 aliphatic rings. The van der Waals surface area contributed by atoms with Gasteiger partial charge in [-0.05, 0) is 64.2 Å². The van der Waals surface area contributed by atoms with Crippen molar-refractivity contribution in [2.75, 3.05) is 41.2 Å². The molecule has 2 saturated heterocycles. The van der Waals surface area contributed by atoms with Crippen LogP contribution in [0.4, 0.5) is 0 Å². The molecule has 0 radical (unpaired) electrons. The molecule has 190 valence electrons. The standard InChI is InChI=1S/C18H44O9Si5/c1-19-32(20-2,21-3)15-11-14-31(9)26-28(4,5)24-30(8,25-29(6,7)27-31)13-10-12-22-16-18-17-23-18/h18H,10-17H2,1-9H3. The molecule has 0 aromatic carbocycles. The summed E-state index contributed by atoms with van der Waals surface area (Å²) in [6, 6.07) is 2.39. The molecule has 1 atom stereocenters. The lowest BCUT2D eigenvalue weighted by Crippen LogP contribution is -2.65. The van der Waals surface area contributed by atoms with E-state index in [1.54, 1.807) is 21.3 Å². The maximum absolute atomic E-state index is 6.75. The van der Waals surface area contributed by atoms with Crippen LogP contribution in [0.5, 0.6) is 0 Å². The third-order valence-electron chi connectivity index (χ3n) is 5.52. The molecule has 0 aliphatic carbocycles. The van der Waals surface area contributed by atoms with Gasteiger partial charge >= 0.3 is 43.0 Å². The van der Waals surface area contributed by atoms with Gasteiger partial charge in [0.05, 0.1) is 13.2 Å². The SMILES string of the molecule is CO[Si](CCC[Si]1(C)O[Si](C)(C)O[Si](C)(CCCOCC2CO2)O[Si](C)(C)O1)(OC)OC. The molecule has 0 bridgehead atoms. The Kier molecular flexibility index (Phi) is 10.5. The van der Waals surface area contributed by atoms with Crippen molar-refractivity contribution in [1.29, 1.82) is 0 Å². The van der Waals surface area contributed by atoms with Crippen LogP contribution in [-0.2, 0) is 39.2 Å². The Balaban J connectivity index is 1.98. The van der Waals surface area contributed by atoms with Gasteiger partial charge in [-0.2, -0.15) is 0 Å². The summed E-state index contributed by atoms with van der Waals surface area (Å²) in [5.74, 6) is 0. The first kappa shape index (κ1) is 29.0. The van der Waals surface area contributed by atoms with Gasteiger partial charge in [-0.1, -0.05) is 0 Å². The Morgan fingerprint density at radius 3 is 1.59 bits per heavy atom. The largest absolute Gasteiger partial charge is 0.500 e. The molecule has 0 spiro atoms. The van der Waals surface area contributed by atoms with Crippen LogP contribution >= 0.6 is 0 Å². The summed E-state index contributed by atoms with van der Waals surface area (Å²) in [4.78, 5) is 0. The zero-order valence-corrected chi connectivity index (χ0v) is 26.4. The molecule has 9 nitrogen and oxygen atoms in total. The summed E-state index contributed by atoms with van der Waals surface area (Å²) in [5.41, 5.74) is 0. The van der Waals surface area contributed by atoms with Crippen LogP contribution in [0.25, 0.3) is 0 Å². The number of ether oxygens (including phenoxy) is 2. The van der Waals surface area contributed by atoms with Gasteiger partial charge in [-0.3, -0.25) is 0 Å². The second-order valence-electron chi connectivity index (χ2n) is 9.76. The molecular weight excluding hydrogens is 501 g/mol. The Morgan fingerprint density at radius 2 is 1.19 bits per heavy atom. The van der Waals surface area contributed by atoms with E-state index in [1.807, 2.05) is 0 Å². The summed E-state index contributed by atoms with van der Waals surface area (Å²) in [5, 5.41) is 0. The van der Waals surface area contributed by atoms with Crippen molar-refractivity contribution in [3.8, 4) is 0 Å². The van der Waals surface area contributed by atoms with Gasteiger partial charge in [0.15, 0.2) is 0 Å². The van der Waals surface area contributed by atoms with E-state index in [9.17, 15) is 0 Å². The van der Waals surface area contributed by atoms with Crippen LogP contribution in [-0.4, -0.2) is 90.3 Å². The van der Waals surface area contributed by atoms with Gasteiger partial charge in [-0.15, -0.1) is 0 Å². The topological polar surface area (TPSA) is 86.4 Å². The maximum Gasteiger partial charge on any atom is 0.500 e. The van der Waals surface area contributed by atoms with Crippen molar-refractivity contribution in [1.82, 2.24) is 0 Å². The molecule has 2 rings (SSSR count).